The van der Waals surface area contributed by atoms with Crippen LogP contribution in [0.1, 0.15) is 10.6 Å². The molecular weight excluding hydrogens is 368 g/mol. The molecule has 0 aliphatic rings. The van der Waals surface area contributed by atoms with Crippen LogP contribution in [0.4, 0.5) is 5.69 Å². The number of carbonyl (C=O) groups is 2. The smallest absolute Gasteiger partial charge is 0.323 e. The van der Waals surface area contributed by atoms with Gasteiger partial charge in [-0.2, -0.15) is 0 Å². The van der Waals surface area contributed by atoms with Gasteiger partial charge in [-0.25, -0.2) is 4.79 Å². The number of carbonyl (C=O) groups excluding carboxylic acids is 2. The maximum absolute atomic E-state index is 11.8. The summed E-state index contributed by atoms with van der Waals surface area (Å²) in [6.45, 7) is -0.209. The summed E-state index contributed by atoms with van der Waals surface area (Å²) >= 11 is 3.09. The summed E-state index contributed by atoms with van der Waals surface area (Å²) in [6.07, 6.45) is 0. The van der Waals surface area contributed by atoms with Crippen LogP contribution in [0.15, 0.2) is 44.2 Å². The average molecular weight is 379 g/mol. The maximum atomic E-state index is 11.8. The Hall–Kier alpha value is -2.81. The number of furan rings is 1. The lowest BCUT2D eigenvalue weighted by molar-refractivity contribution is -0.115. The SMILES string of the molecule is O=C(CNC(=O)c1ccc(Br)o1)Nc1ccc2[nH]c(=O)[nH]c2c1. The van der Waals surface area contributed by atoms with Crippen molar-refractivity contribution in [1.29, 1.82) is 0 Å². The molecule has 118 valence electrons. The first-order valence-electron chi connectivity index (χ1n) is 6.57. The van der Waals surface area contributed by atoms with Gasteiger partial charge in [-0.15, -0.1) is 0 Å². The van der Waals surface area contributed by atoms with Crippen LogP contribution in [0.3, 0.4) is 0 Å². The van der Waals surface area contributed by atoms with Gasteiger partial charge in [-0.1, -0.05) is 0 Å². The molecule has 0 radical (unpaired) electrons. The van der Waals surface area contributed by atoms with Gasteiger partial charge in [-0.05, 0) is 46.3 Å². The predicted molar refractivity (Wildman–Crippen MR) is 86.3 cm³/mol. The molecule has 0 saturated carbocycles. The number of hydrogen-bond donors (Lipinski definition) is 4. The molecule has 0 bridgehead atoms. The fourth-order valence-corrected chi connectivity index (χ4v) is 2.31. The number of aromatic nitrogens is 2. The van der Waals surface area contributed by atoms with E-state index in [0.29, 0.717) is 21.4 Å². The quantitative estimate of drug-likeness (QED) is 0.550. The van der Waals surface area contributed by atoms with Crippen molar-refractivity contribution in [1.82, 2.24) is 15.3 Å². The highest BCUT2D eigenvalue weighted by molar-refractivity contribution is 9.10. The molecule has 2 heterocycles. The molecule has 2 aromatic heterocycles. The zero-order valence-corrected chi connectivity index (χ0v) is 13.2. The van der Waals surface area contributed by atoms with Crippen molar-refractivity contribution < 1.29 is 14.0 Å². The van der Waals surface area contributed by atoms with Gasteiger partial charge in [0.05, 0.1) is 17.6 Å². The van der Waals surface area contributed by atoms with Crippen molar-refractivity contribution in [3.63, 3.8) is 0 Å². The van der Waals surface area contributed by atoms with Crippen molar-refractivity contribution in [3.05, 3.63) is 51.2 Å². The first kappa shape index (κ1) is 15.1. The average Bonchev–Trinajstić information content (AvgIpc) is 3.09. The van der Waals surface area contributed by atoms with Gasteiger partial charge in [-0.3, -0.25) is 9.59 Å². The van der Waals surface area contributed by atoms with Crippen LogP contribution in [-0.4, -0.2) is 28.3 Å². The van der Waals surface area contributed by atoms with E-state index >= 15 is 0 Å². The van der Waals surface area contributed by atoms with E-state index in [1.54, 1.807) is 24.3 Å². The number of H-pyrrole nitrogens is 2. The maximum Gasteiger partial charge on any atom is 0.323 e. The second-order valence-corrected chi connectivity index (χ2v) is 5.46. The Morgan fingerprint density at radius 2 is 1.91 bits per heavy atom. The Labute approximate surface area is 137 Å². The number of nitrogens with one attached hydrogen (secondary N) is 4. The van der Waals surface area contributed by atoms with E-state index in [-0.39, 0.29) is 18.0 Å². The zero-order chi connectivity index (χ0) is 16.4. The number of halogens is 1. The van der Waals surface area contributed by atoms with Gasteiger partial charge in [0.1, 0.15) is 0 Å². The number of aromatic amines is 2. The standard InChI is InChI=1S/C14H11BrN4O4/c15-11-4-3-10(23-11)13(21)16-6-12(20)17-7-1-2-8-9(5-7)19-14(22)18-8/h1-5H,6H2,(H,16,21)(H,17,20)(H2,18,19,22). The first-order valence-corrected chi connectivity index (χ1v) is 7.36. The highest BCUT2D eigenvalue weighted by atomic mass is 79.9. The lowest BCUT2D eigenvalue weighted by Gasteiger charge is -2.06. The lowest BCUT2D eigenvalue weighted by atomic mass is 10.2. The van der Waals surface area contributed by atoms with Crippen LogP contribution < -0.4 is 16.3 Å². The molecule has 9 heteroatoms. The summed E-state index contributed by atoms with van der Waals surface area (Å²) in [7, 11) is 0. The molecule has 0 aliphatic heterocycles. The minimum absolute atomic E-state index is 0.107. The summed E-state index contributed by atoms with van der Waals surface area (Å²) in [4.78, 5) is 40.0. The Morgan fingerprint density at radius 3 is 2.65 bits per heavy atom. The van der Waals surface area contributed by atoms with Crippen LogP contribution in [0.5, 0.6) is 0 Å². The van der Waals surface area contributed by atoms with Gasteiger partial charge >= 0.3 is 5.69 Å². The molecule has 8 nitrogen and oxygen atoms in total. The van der Waals surface area contributed by atoms with E-state index in [1.165, 1.54) is 6.07 Å². The third-order valence-electron chi connectivity index (χ3n) is 3.01. The summed E-state index contributed by atoms with van der Waals surface area (Å²) in [5.74, 6) is -0.784. The molecule has 23 heavy (non-hydrogen) atoms. The van der Waals surface area contributed by atoms with Crippen LogP contribution >= 0.6 is 15.9 Å². The van der Waals surface area contributed by atoms with E-state index in [1.807, 2.05) is 0 Å². The molecule has 3 aromatic rings. The van der Waals surface area contributed by atoms with Crippen molar-refractivity contribution in [2.75, 3.05) is 11.9 Å². The summed E-state index contributed by atoms with van der Waals surface area (Å²) in [5, 5.41) is 5.07. The van der Waals surface area contributed by atoms with Crippen molar-refractivity contribution in [2.45, 2.75) is 0 Å². The number of rotatable bonds is 4. The zero-order valence-electron chi connectivity index (χ0n) is 11.6. The van der Waals surface area contributed by atoms with Gasteiger partial charge < -0.3 is 25.0 Å². The summed E-state index contributed by atoms with van der Waals surface area (Å²) in [5.41, 5.74) is 1.41. The second-order valence-electron chi connectivity index (χ2n) is 4.67. The third-order valence-corrected chi connectivity index (χ3v) is 3.43. The third kappa shape index (κ3) is 3.51. The van der Waals surface area contributed by atoms with Crippen molar-refractivity contribution >= 4 is 44.5 Å². The molecule has 0 spiro atoms. The molecule has 0 aliphatic carbocycles. The van der Waals surface area contributed by atoms with E-state index < -0.39 is 11.8 Å². The van der Waals surface area contributed by atoms with Gasteiger partial charge in [0, 0.05) is 5.69 Å². The van der Waals surface area contributed by atoms with Crippen molar-refractivity contribution in [2.24, 2.45) is 0 Å². The molecule has 0 saturated heterocycles. The molecule has 4 N–H and O–H groups in total. The van der Waals surface area contributed by atoms with Crippen LogP contribution in [-0.2, 0) is 4.79 Å². The van der Waals surface area contributed by atoms with E-state index in [9.17, 15) is 14.4 Å². The number of fused-ring (bicyclic) bond motifs is 1. The molecule has 2 amide bonds. The number of amides is 2. The second kappa shape index (κ2) is 6.13. The van der Waals surface area contributed by atoms with E-state index in [4.69, 9.17) is 4.42 Å². The topological polar surface area (TPSA) is 120 Å². The van der Waals surface area contributed by atoms with Gasteiger partial charge in [0.25, 0.3) is 5.91 Å². The molecule has 0 unspecified atom stereocenters. The fourth-order valence-electron chi connectivity index (χ4n) is 2.00. The molecule has 0 atom stereocenters. The molecule has 1 aromatic carbocycles. The Bertz CT molecular complexity index is 940. The molecular formula is C14H11BrN4O4. The highest BCUT2D eigenvalue weighted by Gasteiger charge is 2.12. The Morgan fingerprint density at radius 1 is 1.13 bits per heavy atom. The monoisotopic (exact) mass is 378 g/mol. The minimum Gasteiger partial charge on any atom is -0.444 e. The minimum atomic E-state index is -0.490. The van der Waals surface area contributed by atoms with E-state index in [2.05, 4.69) is 36.5 Å². The number of imidazole rings is 1. The van der Waals surface area contributed by atoms with Crippen LogP contribution in [0, 0.1) is 0 Å². The first-order chi connectivity index (χ1) is 11.0. The lowest BCUT2D eigenvalue weighted by Crippen LogP contribution is -2.32. The molecule has 3 rings (SSSR count). The number of anilines is 1. The van der Waals surface area contributed by atoms with Crippen LogP contribution in [0.2, 0.25) is 0 Å². The number of hydrogen-bond acceptors (Lipinski definition) is 4. The fraction of sp³-hybridized carbons (Fsp3) is 0.0714. The van der Waals surface area contributed by atoms with Crippen molar-refractivity contribution in [3.8, 4) is 0 Å². The Kier molecular flexibility index (Phi) is 4.02. The summed E-state index contributed by atoms with van der Waals surface area (Å²) < 4.78 is 5.51. The largest absolute Gasteiger partial charge is 0.444 e. The summed E-state index contributed by atoms with van der Waals surface area (Å²) in [6, 6.07) is 8.02. The highest BCUT2D eigenvalue weighted by Crippen LogP contribution is 2.15. The predicted octanol–water partition coefficient (Wildman–Crippen LogP) is 1.58. The van der Waals surface area contributed by atoms with Gasteiger partial charge in [0.15, 0.2) is 10.4 Å². The van der Waals surface area contributed by atoms with Gasteiger partial charge in [0.2, 0.25) is 5.91 Å². The normalized spacial score (nSPS) is 10.7. The number of benzene rings is 1. The molecule has 0 fully saturated rings. The Balaban J connectivity index is 1.59. The van der Waals surface area contributed by atoms with Crippen LogP contribution in [0.25, 0.3) is 11.0 Å². The van der Waals surface area contributed by atoms with E-state index in [0.717, 1.165) is 0 Å².